The number of methoxy groups -OCH3 is 1. The van der Waals surface area contributed by atoms with Crippen LogP contribution in [0.3, 0.4) is 0 Å². The maximum absolute atomic E-state index is 10.1. The molecule has 1 atom stereocenters. The molecule has 1 aromatic carbocycles. The van der Waals surface area contributed by atoms with E-state index in [0.29, 0.717) is 5.96 Å². The maximum Gasteiger partial charge on any atom is 0.188 e. The number of benzene rings is 1. The summed E-state index contributed by atoms with van der Waals surface area (Å²) in [6, 6.07) is 7.34. The third-order valence-electron chi connectivity index (χ3n) is 3.71. The fourth-order valence-corrected chi connectivity index (χ4v) is 2.14. The highest BCUT2D eigenvalue weighted by Gasteiger charge is 2.16. The summed E-state index contributed by atoms with van der Waals surface area (Å²) in [5, 5.41) is 13.2. The molecule has 0 radical (unpaired) electrons. The molecule has 0 bridgehead atoms. The van der Waals surface area contributed by atoms with Gasteiger partial charge in [0.2, 0.25) is 0 Å². The Bertz CT molecular complexity index is 458. The molecule has 0 aromatic heterocycles. The van der Waals surface area contributed by atoms with Crippen molar-refractivity contribution in [3.8, 4) is 5.75 Å². The average molecular weight is 277 g/mol. The van der Waals surface area contributed by atoms with E-state index in [4.69, 9.17) is 10.5 Å². The second kappa shape index (κ2) is 7.14. The number of nitrogens with zero attached hydrogens (tertiary/aromatic N) is 1. The molecule has 1 saturated carbocycles. The maximum atomic E-state index is 10.1. The molecule has 1 aliphatic carbocycles. The highest BCUT2D eigenvalue weighted by molar-refractivity contribution is 5.77. The quantitative estimate of drug-likeness (QED) is 0.543. The van der Waals surface area contributed by atoms with E-state index in [1.807, 2.05) is 18.2 Å². The monoisotopic (exact) mass is 277 g/mol. The number of hydrogen-bond acceptors (Lipinski definition) is 3. The number of aliphatic hydroxyl groups excluding tert-OH is 1. The molecule has 0 amide bonds. The minimum Gasteiger partial charge on any atom is -0.497 e. The zero-order valence-corrected chi connectivity index (χ0v) is 11.9. The minimum atomic E-state index is -0.672. The van der Waals surface area contributed by atoms with Crippen LogP contribution in [0.5, 0.6) is 5.75 Å². The summed E-state index contributed by atoms with van der Waals surface area (Å²) in [6.07, 6.45) is 3.19. The highest BCUT2D eigenvalue weighted by Crippen LogP contribution is 2.25. The zero-order chi connectivity index (χ0) is 14.4. The van der Waals surface area contributed by atoms with Crippen molar-refractivity contribution in [2.24, 2.45) is 16.6 Å². The van der Waals surface area contributed by atoms with Gasteiger partial charge in [0, 0.05) is 6.54 Å². The zero-order valence-electron chi connectivity index (χ0n) is 11.9. The molecule has 5 nitrogen and oxygen atoms in total. The smallest absolute Gasteiger partial charge is 0.188 e. The predicted molar refractivity (Wildman–Crippen MR) is 79.8 cm³/mol. The molecule has 4 N–H and O–H groups in total. The Morgan fingerprint density at radius 1 is 1.55 bits per heavy atom. The molecule has 1 aliphatic rings. The standard InChI is InChI=1S/C15H23N3O2/c1-20-13-7-3-6-12(8-13)14(19)10-18-15(16)17-9-11-4-2-5-11/h3,6-8,11,14,19H,2,4-5,9-10H2,1H3,(H3,16,17,18). The van der Waals surface area contributed by atoms with Gasteiger partial charge in [-0.15, -0.1) is 0 Å². The first-order valence-electron chi connectivity index (χ1n) is 7.05. The molecule has 0 spiro atoms. The van der Waals surface area contributed by atoms with E-state index in [-0.39, 0.29) is 6.54 Å². The lowest BCUT2D eigenvalue weighted by molar-refractivity contribution is 0.186. The van der Waals surface area contributed by atoms with Crippen molar-refractivity contribution in [3.05, 3.63) is 29.8 Å². The number of rotatable bonds is 6. The largest absolute Gasteiger partial charge is 0.497 e. The van der Waals surface area contributed by atoms with Gasteiger partial charge >= 0.3 is 0 Å². The van der Waals surface area contributed by atoms with Gasteiger partial charge in [0.25, 0.3) is 0 Å². The van der Waals surface area contributed by atoms with Crippen molar-refractivity contribution in [3.63, 3.8) is 0 Å². The van der Waals surface area contributed by atoms with Crippen molar-refractivity contribution >= 4 is 5.96 Å². The lowest BCUT2D eigenvalue weighted by atomic mass is 9.85. The fourth-order valence-electron chi connectivity index (χ4n) is 2.14. The van der Waals surface area contributed by atoms with E-state index in [0.717, 1.165) is 23.8 Å². The van der Waals surface area contributed by atoms with Crippen LogP contribution in [0.2, 0.25) is 0 Å². The SMILES string of the molecule is COc1cccc(C(O)CN=C(N)NCC2CCC2)c1. The van der Waals surface area contributed by atoms with E-state index < -0.39 is 6.10 Å². The Balaban J connectivity index is 1.81. The Hall–Kier alpha value is -1.75. The van der Waals surface area contributed by atoms with Crippen LogP contribution in [0.4, 0.5) is 0 Å². The molecule has 0 aliphatic heterocycles. The van der Waals surface area contributed by atoms with Crippen molar-refractivity contribution in [2.45, 2.75) is 25.4 Å². The van der Waals surface area contributed by atoms with Crippen LogP contribution in [0.25, 0.3) is 0 Å². The highest BCUT2D eigenvalue weighted by atomic mass is 16.5. The van der Waals surface area contributed by atoms with E-state index >= 15 is 0 Å². The van der Waals surface area contributed by atoms with E-state index in [1.54, 1.807) is 13.2 Å². The molecule has 0 heterocycles. The second-order valence-electron chi connectivity index (χ2n) is 5.20. The molecule has 5 heteroatoms. The number of guanidine groups is 1. The summed E-state index contributed by atoms with van der Waals surface area (Å²) in [6.45, 7) is 1.13. The first-order valence-corrected chi connectivity index (χ1v) is 7.05. The summed E-state index contributed by atoms with van der Waals surface area (Å²) in [5.41, 5.74) is 6.56. The van der Waals surface area contributed by atoms with Crippen molar-refractivity contribution in [2.75, 3.05) is 20.2 Å². The number of aliphatic hydroxyl groups is 1. The number of aliphatic imine (C=N–C) groups is 1. The van der Waals surface area contributed by atoms with E-state index in [1.165, 1.54) is 19.3 Å². The Morgan fingerprint density at radius 3 is 3.00 bits per heavy atom. The van der Waals surface area contributed by atoms with Gasteiger partial charge in [-0.25, -0.2) is 0 Å². The second-order valence-corrected chi connectivity index (χ2v) is 5.20. The molecule has 1 fully saturated rings. The van der Waals surface area contributed by atoms with Gasteiger partial charge in [0.15, 0.2) is 5.96 Å². The first-order chi connectivity index (χ1) is 9.69. The van der Waals surface area contributed by atoms with Gasteiger partial charge in [0.05, 0.1) is 19.8 Å². The Morgan fingerprint density at radius 2 is 2.35 bits per heavy atom. The Kier molecular flexibility index (Phi) is 5.24. The van der Waals surface area contributed by atoms with Crippen LogP contribution in [0.1, 0.15) is 30.9 Å². The number of nitrogens with two attached hydrogens (primary N) is 1. The normalized spacial score (nSPS) is 17.4. The summed E-state index contributed by atoms with van der Waals surface area (Å²) in [4.78, 5) is 4.18. The van der Waals surface area contributed by atoms with Crippen LogP contribution < -0.4 is 15.8 Å². The third-order valence-corrected chi connectivity index (χ3v) is 3.71. The molecule has 20 heavy (non-hydrogen) atoms. The van der Waals surface area contributed by atoms with Crippen molar-refractivity contribution < 1.29 is 9.84 Å². The van der Waals surface area contributed by atoms with Crippen LogP contribution in [0.15, 0.2) is 29.3 Å². The third kappa shape index (κ3) is 4.13. The van der Waals surface area contributed by atoms with Crippen LogP contribution >= 0.6 is 0 Å². The molecular weight excluding hydrogens is 254 g/mol. The molecule has 0 saturated heterocycles. The molecular formula is C15H23N3O2. The van der Waals surface area contributed by atoms with E-state index in [9.17, 15) is 5.11 Å². The van der Waals surface area contributed by atoms with Gasteiger partial charge < -0.3 is 20.9 Å². The van der Waals surface area contributed by atoms with Crippen LogP contribution in [-0.4, -0.2) is 31.3 Å². The molecule has 110 valence electrons. The predicted octanol–water partition coefficient (Wildman–Crippen LogP) is 1.43. The van der Waals surface area contributed by atoms with Gasteiger partial charge in [-0.1, -0.05) is 18.6 Å². The number of nitrogens with one attached hydrogen (secondary N) is 1. The summed E-state index contributed by atoms with van der Waals surface area (Å²) < 4.78 is 5.13. The lowest BCUT2D eigenvalue weighted by Crippen LogP contribution is -2.37. The number of hydrogen-bond donors (Lipinski definition) is 3. The minimum absolute atomic E-state index is 0.247. The summed E-state index contributed by atoms with van der Waals surface area (Å²) in [5.74, 6) is 1.85. The fraction of sp³-hybridized carbons (Fsp3) is 0.533. The molecule has 1 aromatic rings. The summed E-state index contributed by atoms with van der Waals surface area (Å²) >= 11 is 0. The van der Waals surface area contributed by atoms with Crippen molar-refractivity contribution in [1.29, 1.82) is 0 Å². The van der Waals surface area contributed by atoms with E-state index in [2.05, 4.69) is 10.3 Å². The number of ether oxygens (including phenoxy) is 1. The van der Waals surface area contributed by atoms with Crippen LogP contribution in [0, 0.1) is 5.92 Å². The van der Waals surface area contributed by atoms with Crippen molar-refractivity contribution in [1.82, 2.24) is 5.32 Å². The van der Waals surface area contributed by atoms with Gasteiger partial charge in [0.1, 0.15) is 5.75 Å². The lowest BCUT2D eigenvalue weighted by Gasteiger charge is -2.25. The Labute approximate surface area is 119 Å². The van der Waals surface area contributed by atoms with Crippen LogP contribution in [-0.2, 0) is 0 Å². The average Bonchev–Trinajstić information content (AvgIpc) is 2.43. The molecule has 1 unspecified atom stereocenters. The summed E-state index contributed by atoms with van der Waals surface area (Å²) in [7, 11) is 1.60. The first kappa shape index (κ1) is 14.7. The molecule has 2 rings (SSSR count). The van der Waals surface area contributed by atoms with Gasteiger partial charge in [-0.05, 0) is 36.5 Å². The topological polar surface area (TPSA) is 79.9 Å². The van der Waals surface area contributed by atoms with Gasteiger partial charge in [-0.3, -0.25) is 4.99 Å². The van der Waals surface area contributed by atoms with Gasteiger partial charge in [-0.2, -0.15) is 0 Å².